The number of ether oxygens (including phenoxy) is 1. The van der Waals surface area contributed by atoms with Gasteiger partial charge in [-0.2, -0.15) is 4.99 Å². The number of thiazole rings is 1. The number of hydrogen-bond donors (Lipinski definition) is 0. The van der Waals surface area contributed by atoms with Gasteiger partial charge in [-0.3, -0.25) is 9.59 Å². The minimum Gasteiger partial charge on any atom is -0.468 e. The summed E-state index contributed by atoms with van der Waals surface area (Å²) in [6.07, 6.45) is 1.12. The fraction of sp³-hybridized carbons (Fsp3) is 0.211. The standard InChI is InChI=1S/C19H18N2O5S2/c1-12-4-6-13(7-5-12)18(23)20-19-21(11-17(22)26-2)15-9-8-14(28(3,24)25)10-16(15)27-19/h4-10H,11H2,1-3H3. The van der Waals surface area contributed by atoms with Crippen molar-refractivity contribution in [2.45, 2.75) is 18.4 Å². The second-order valence-electron chi connectivity index (χ2n) is 6.23. The number of benzene rings is 2. The Hall–Kier alpha value is -2.78. The molecule has 0 saturated heterocycles. The monoisotopic (exact) mass is 418 g/mol. The van der Waals surface area contributed by atoms with Crippen molar-refractivity contribution in [2.24, 2.45) is 4.99 Å². The number of fused-ring (bicyclic) bond motifs is 1. The van der Waals surface area contributed by atoms with E-state index in [0.29, 0.717) is 15.8 Å². The Kier molecular flexibility index (Phi) is 5.48. The van der Waals surface area contributed by atoms with Crippen LogP contribution < -0.4 is 4.80 Å². The zero-order valence-electron chi connectivity index (χ0n) is 15.5. The van der Waals surface area contributed by atoms with Gasteiger partial charge in [-0.25, -0.2) is 8.42 Å². The van der Waals surface area contributed by atoms with Crippen LogP contribution >= 0.6 is 11.3 Å². The molecule has 0 unspecified atom stereocenters. The molecule has 0 aliphatic carbocycles. The van der Waals surface area contributed by atoms with Crippen molar-refractivity contribution in [3.63, 3.8) is 0 Å². The third-order valence-corrected chi connectivity index (χ3v) is 6.24. The highest BCUT2D eigenvalue weighted by atomic mass is 32.2. The van der Waals surface area contributed by atoms with Gasteiger partial charge in [0.05, 0.1) is 22.2 Å². The van der Waals surface area contributed by atoms with Crippen LogP contribution in [0.4, 0.5) is 0 Å². The number of esters is 1. The summed E-state index contributed by atoms with van der Waals surface area (Å²) in [5.74, 6) is -0.954. The molecule has 0 radical (unpaired) electrons. The van der Waals surface area contributed by atoms with E-state index < -0.39 is 21.7 Å². The highest BCUT2D eigenvalue weighted by Crippen LogP contribution is 2.22. The maximum atomic E-state index is 12.6. The largest absolute Gasteiger partial charge is 0.468 e. The third-order valence-electron chi connectivity index (χ3n) is 4.09. The van der Waals surface area contributed by atoms with Gasteiger partial charge in [-0.15, -0.1) is 0 Å². The van der Waals surface area contributed by atoms with Crippen molar-refractivity contribution < 1.29 is 22.7 Å². The molecule has 0 fully saturated rings. The van der Waals surface area contributed by atoms with Gasteiger partial charge in [-0.1, -0.05) is 29.0 Å². The van der Waals surface area contributed by atoms with Crippen molar-refractivity contribution in [2.75, 3.05) is 13.4 Å². The predicted molar refractivity (Wildman–Crippen MR) is 106 cm³/mol. The average molecular weight is 418 g/mol. The van der Waals surface area contributed by atoms with Crippen LogP contribution in [0.2, 0.25) is 0 Å². The molecule has 28 heavy (non-hydrogen) atoms. The second kappa shape index (κ2) is 7.69. The lowest BCUT2D eigenvalue weighted by atomic mass is 10.1. The number of methoxy groups -OCH3 is 1. The summed E-state index contributed by atoms with van der Waals surface area (Å²) in [6, 6.07) is 11.6. The van der Waals surface area contributed by atoms with Gasteiger partial charge in [0, 0.05) is 11.8 Å². The number of amides is 1. The van der Waals surface area contributed by atoms with E-state index in [-0.39, 0.29) is 16.2 Å². The molecule has 0 atom stereocenters. The SMILES string of the molecule is COC(=O)Cn1c(=NC(=O)c2ccc(C)cc2)sc2cc(S(C)(=O)=O)ccc21. The molecule has 0 aliphatic rings. The van der Waals surface area contributed by atoms with Crippen LogP contribution in [-0.2, 0) is 25.9 Å². The molecule has 0 aliphatic heterocycles. The number of rotatable bonds is 4. The first kappa shape index (κ1) is 20.0. The zero-order chi connectivity index (χ0) is 20.5. The first-order chi connectivity index (χ1) is 13.2. The molecule has 0 N–H and O–H groups in total. The van der Waals surface area contributed by atoms with Gasteiger partial charge >= 0.3 is 5.97 Å². The lowest BCUT2D eigenvalue weighted by molar-refractivity contribution is -0.141. The van der Waals surface area contributed by atoms with Crippen molar-refractivity contribution in [1.82, 2.24) is 4.57 Å². The van der Waals surface area contributed by atoms with Crippen LogP contribution in [-0.4, -0.2) is 38.2 Å². The fourth-order valence-electron chi connectivity index (χ4n) is 2.56. The fourth-order valence-corrected chi connectivity index (χ4v) is 4.35. The number of hydrogen-bond acceptors (Lipinski definition) is 6. The van der Waals surface area contributed by atoms with E-state index in [1.54, 1.807) is 22.8 Å². The molecule has 1 aromatic heterocycles. The van der Waals surface area contributed by atoms with Gasteiger partial charge in [-0.05, 0) is 37.3 Å². The summed E-state index contributed by atoms with van der Waals surface area (Å²) in [4.78, 5) is 29.0. The number of aryl methyl sites for hydroxylation is 1. The van der Waals surface area contributed by atoms with Crippen LogP contribution in [0.3, 0.4) is 0 Å². The molecule has 2 aromatic carbocycles. The number of carbonyl (C=O) groups excluding carboxylic acids is 2. The minimum atomic E-state index is -3.39. The molecule has 1 amide bonds. The van der Waals surface area contributed by atoms with Gasteiger partial charge in [0.25, 0.3) is 5.91 Å². The molecule has 146 valence electrons. The summed E-state index contributed by atoms with van der Waals surface area (Å²) >= 11 is 1.14. The number of sulfone groups is 1. The Morgan fingerprint density at radius 1 is 1.14 bits per heavy atom. The van der Waals surface area contributed by atoms with E-state index in [9.17, 15) is 18.0 Å². The summed E-state index contributed by atoms with van der Waals surface area (Å²) in [5.41, 5.74) is 2.04. The maximum absolute atomic E-state index is 12.6. The van der Waals surface area contributed by atoms with E-state index >= 15 is 0 Å². The Balaban J connectivity index is 2.18. The normalized spacial score (nSPS) is 12.3. The van der Waals surface area contributed by atoms with Crippen LogP contribution in [0.15, 0.2) is 52.4 Å². The zero-order valence-corrected chi connectivity index (χ0v) is 17.1. The van der Waals surface area contributed by atoms with Crippen molar-refractivity contribution >= 4 is 43.3 Å². The molecular weight excluding hydrogens is 400 g/mol. The summed E-state index contributed by atoms with van der Waals surface area (Å²) in [5, 5.41) is 0. The molecule has 0 spiro atoms. The lowest BCUT2D eigenvalue weighted by Gasteiger charge is -2.04. The molecule has 9 heteroatoms. The molecule has 3 rings (SSSR count). The number of carbonyl (C=O) groups is 2. The van der Waals surface area contributed by atoms with Gasteiger partial charge in [0.15, 0.2) is 14.6 Å². The highest BCUT2D eigenvalue weighted by Gasteiger charge is 2.15. The van der Waals surface area contributed by atoms with E-state index in [1.807, 2.05) is 19.1 Å². The van der Waals surface area contributed by atoms with Gasteiger partial charge in [0.1, 0.15) is 6.54 Å². The Morgan fingerprint density at radius 3 is 2.43 bits per heavy atom. The molecule has 3 aromatic rings. The first-order valence-corrected chi connectivity index (χ1v) is 11.0. The van der Waals surface area contributed by atoms with Crippen LogP contribution in [0, 0.1) is 6.92 Å². The number of aromatic nitrogens is 1. The number of nitrogens with zero attached hydrogens (tertiary/aromatic N) is 2. The molecule has 7 nitrogen and oxygen atoms in total. The van der Waals surface area contributed by atoms with Crippen molar-refractivity contribution in [1.29, 1.82) is 0 Å². The van der Waals surface area contributed by atoms with E-state index in [0.717, 1.165) is 23.2 Å². The Morgan fingerprint density at radius 2 is 1.82 bits per heavy atom. The molecule has 0 saturated carbocycles. The predicted octanol–water partition coefficient (Wildman–Crippen LogP) is 2.33. The van der Waals surface area contributed by atoms with Crippen molar-refractivity contribution in [3.05, 3.63) is 58.4 Å². The van der Waals surface area contributed by atoms with E-state index in [1.165, 1.54) is 19.2 Å². The quantitative estimate of drug-likeness (QED) is 0.606. The van der Waals surface area contributed by atoms with Crippen LogP contribution in [0.5, 0.6) is 0 Å². The Bertz CT molecular complexity index is 1240. The maximum Gasteiger partial charge on any atom is 0.325 e. The lowest BCUT2D eigenvalue weighted by Crippen LogP contribution is -2.22. The van der Waals surface area contributed by atoms with E-state index in [4.69, 9.17) is 4.74 Å². The Labute approximate surface area is 165 Å². The average Bonchev–Trinajstić information content (AvgIpc) is 2.97. The van der Waals surface area contributed by atoms with Crippen LogP contribution in [0.1, 0.15) is 15.9 Å². The molecule has 0 bridgehead atoms. The van der Waals surface area contributed by atoms with E-state index in [2.05, 4.69) is 4.99 Å². The third kappa shape index (κ3) is 4.20. The van der Waals surface area contributed by atoms with Crippen molar-refractivity contribution in [3.8, 4) is 0 Å². The minimum absolute atomic E-state index is 0.144. The smallest absolute Gasteiger partial charge is 0.325 e. The second-order valence-corrected chi connectivity index (χ2v) is 9.26. The summed E-state index contributed by atoms with van der Waals surface area (Å²) in [6.45, 7) is 1.77. The topological polar surface area (TPSA) is 94.8 Å². The molecular formula is C19H18N2O5S2. The first-order valence-electron chi connectivity index (χ1n) is 8.25. The van der Waals surface area contributed by atoms with Gasteiger partial charge in [0.2, 0.25) is 0 Å². The molecule has 1 heterocycles. The highest BCUT2D eigenvalue weighted by molar-refractivity contribution is 7.90. The van der Waals surface area contributed by atoms with Crippen LogP contribution in [0.25, 0.3) is 10.2 Å². The summed E-state index contributed by atoms with van der Waals surface area (Å²) < 4.78 is 30.5. The summed E-state index contributed by atoms with van der Waals surface area (Å²) in [7, 11) is -2.12. The van der Waals surface area contributed by atoms with Gasteiger partial charge < -0.3 is 9.30 Å².